The van der Waals surface area contributed by atoms with Crippen LogP contribution >= 0.6 is 0 Å². The monoisotopic (exact) mass is 276 g/mol. The molecule has 0 aliphatic heterocycles. The van der Waals surface area contributed by atoms with Gasteiger partial charge < -0.3 is 16.2 Å². The van der Waals surface area contributed by atoms with Crippen molar-refractivity contribution in [1.82, 2.24) is 0 Å². The summed E-state index contributed by atoms with van der Waals surface area (Å²) in [6.07, 6.45) is 0. The van der Waals surface area contributed by atoms with Gasteiger partial charge in [-0.1, -0.05) is 42.5 Å². The van der Waals surface area contributed by atoms with Crippen molar-refractivity contribution < 1.29 is 4.74 Å². The molecule has 0 aromatic heterocycles. The van der Waals surface area contributed by atoms with Gasteiger partial charge in [0.05, 0.1) is 5.69 Å². The van der Waals surface area contributed by atoms with Crippen LogP contribution < -0.4 is 16.2 Å². The quantitative estimate of drug-likeness (QED) is 0.701. The summed E-state index contributed by atoms with van der Waals surface area (Å²) >= 11 is 0. The van der Waals surface area contributed by atoms with E-state index in [1.165, 1.54) is 5.56 Å². The van der Waals surface area contributed by atoms with Crippen LogP contribution in [-0.4, -0.2) is 0 Å². The molecule has 0 atom stereocenters. The van der Waals surface area contributed by atoms with E-state index in [0.717, 1.165) is 11.3 Å². The average molecular weight is 276 g/mol. The van der Waals surface area contributed by atoms with Crippen molar-refractivity contribution in [2.24, 2.45) is 0 Å². The first-order valence-corrected chi connectivity index (χ1v) is 6.71. The van der Waals surface area contributed by atoms with Gasteiger partial charge in [0.15, 0.2) is 0 Å². The molecule has 3 heteroatoms. The first kappa shape index (κ1) is 13.1. The maximum atomic E-state index is 5.89. The molecule has 0 saturated heterocycles. The molecule has 104 valence electrons. The second-order valence-corrected chi connectivity index (χ2v) is 4.79. The fourth-order valence-corrected chi connectivity index (χ4v) is 2.13. The van der Waals surface area contributed by atoms with Crippen LogP contribution in [0.1, 0.15) is 0 Å². The van der Waals surface area contributed by atoms with Crippen molar-refractivity contribution in [3.05, 3.63) is 72.8 Å². The molecule has 0 saturated carbocycles. The molecule has 0 bridgehead atoms. The van der Waals surface area contributed by atoms with Crippen molar-refractivity contribution >= 4 is 11.4 Å². The van der Waals surface area contributed by atoms with Gasteiger partial charge in [-0.15, -0.1) is 0 Å². The van der Waals surface area contributed by atoms with Crippen molar-refractivity contribution in [1.29, 1.82) is 0 Å². The smallest absolute Gasteiger partial charge is 0.150 e. The summed E-state index contributed by atoms with van der Waals surface area (Å²) in [5.74, 6) is 1.35. The molecule has 0 heterocycles. The van der Waals surface area contributed by atoms with E-state index in [1.807, 2.05) is 42.5 Å². The van der Waals surface area contributed by atoms with Gasteiger partial charge >= 0.3 is 0 Å². The Labute approximate surface area is 123 Å². The Morgan fingerprint density at radius 1 is 0.667 bits per heavy atom. The molecule has 3 rings (SSSR count). The number of nitrogen functional groups attached to an aromatic ring is 2. The second kappa shape index (κ2) is 5.59. The van der Waals surface area contributed by atoms with Gasteiger partial charge in [-0.25, -0.2) is 0 Å². The van der Waals surface area contributed by atoms with E-state index in [4.69, 9.17) is 16.2 Å². The van der Waals surface area contributed by atoms with Crippen LogP contribution in [-0.2, 0) is 0 Å². The van der Waals surface area contributed by atoms with Gasteiger partial charge in [0.25, 0.3) is 0 Å². The summed E-state index contributed by atoms with van der Waals surface area (Å²) in [5, 5.41) is 0. The minimum Gasteiger partial charge on any atom is -0.455 e. The zero-order valence-electron chi connectivity index (χ0n) is 11.5. The molecule has 3 aromatic carbocycles. The highest BCUT2D eigenvalue weighted by Crippen LogP contribution is 2.30. The average Bonchev–Trinajstić information content (AvgIpc) is 2.52. The van der Waals surface area contributed by atoms with Gasteiger partial charge in [-0.05, 0) is 41.5 Å². The lowest BCUT2D eigenvalue weighted by Gasteiger charge is -2.09. The van der Waals surface area contributed by atoms with Gasteiger partial charge in [0, 0.05) is 5.69 Å². The molecule has 0 unspecified atom stereocenters. The van der Waals surface area contributed by atoms with Crippen LogP contribution in [0.5, 0.6) is 11.5 Å². The highest BCUT2D eigenvalue weighted by molar-refractivity contribution is 5.65. The molecular formula is C18H16N2O. The van der Waals surface area contributed by atoms with Crippen molar-refractivity contribution in [3.63, 3.8) is 0 Å². The van der Waals surface area contributed by atoms with Crippen LogP contribution in [0.4, 0.5) is 11.4 Å². The Morgan fingerprint density at radius 3 is 2.00 bits per heavy atom. The highest BCUT2D eigenvalue weighted by Gasteiger charge is 2.03. The zero-order valence-corrected chi connectivity index (χ0v) is 11.5. The molecule has 3 nitrogen and oxygen atoms in total. The standard InChI is InChI=1S/C18H16N2O/c19-15-8-11-18(17(20)12-15)21-16-9-6-14(7-10-16)13-4-2-1-3-5-13/h1-12H,19-20H2. The summed E-state index contributed by atoms with van der Waals surface area (Å²) in [7, 11) is 0. The van der Waals surface area contributed by atoms with Crippen molar-refractivity contribution in [2.45, 2.75) is 0 Å². The van der Waals surface area contributed by atoms with Crippen LogP contribution in [0.15, 0.2) is 72.8 Å². The van der Waals surface area contributed by atoms with Crippen molar-refractivity contribution in [2.75, 3.05) is 11.5 Å². The maximum absolute atomic E-state index is 5.89. The molecule has 0 aliphatic carbocycles. The highest BCUT2D eigenvalue weighted by atomic mass is 16.5. The molecule has 21 heavy (non-hydrogen) atoms. The third-order valence-corrected chi connectivity index (χ3v) is 3.22. The third kappa shape index (κ3) is 2.98. The number of nitrogens with two attached hydrogens (primary N) is 2. The lowest BCUT2D eigenvalue weighted by Crippen LogP contribution is -1.94. The number of ether oxygens (including phenoxy) is 1. The second-order valence-electron chi connectivity index (χ2n) is 4.79. The Hall–Kier alpha value is -2.94. The van der Waals surface area contributed by atoms with Gasteiger partial charge in [-0.3, -0.25) is 0 Å². The first-order chi connectivity index (χ1) is 10.2. The molecule has 0 amide bonds. The molecular weight excluding hydrogens is 260 g/mol. The predicted molar refractivity (Wildman–Crippen MR) is 87.2 cm³/mol. The Bertz CT molecular complexity index is 737. The molecule has 0 aliphatic rings. The minimum absolute atomic E-state index is 0.530. The largest absolute Gasteiger partial charge is 0.455 e. The first-order valence-electron chi connectivity index (χ1n) is 6.71. The number of hydrogen-bond acceptors (Lipinski definition) is 3. The van der Waals surface area contributed by atoms with E-state index in [-0.39, 0.29) is 0 Å². The summed E-state index contributed by atoms with van der Waals surface area (Å²) in [5.41, 5.74) is 15.0. The molecule has 4 N–H and O–H groups in total. The Morgan fingerprint density at radius 2 is 1.33 bits per heavy atom. The van der Waals surface area contributed by atoms with Crippen LogP contribution in [0.25, 0.3) is 11.1 Å². The SMILES string of the molecule is Nc1ccc(Oc2ccc(-c3ccccc3)cc2)c(N)c1. The zero-order chi connectivity index (χ0) is 14.7. The Kier molecular flexibility index (Phi) is 3.48. The van der Waals surface area contributed by atoms with E-state index in [0.29, 0.717) is 17.1 Å². The van der Waals surface area contributed by atoms with Gasteiger partial charge in [0.1, 0.15) is 11.5 Å². The fraction of sp³-hybridized carbons (Fsp3) is 0. The third-order valence-electron chi connectivity index (χ3n) is 3.22. The summed E-state index contributed by atoms with van der Waals surface area (Å²) in [6.45, 7) is 0. The normalized spacial score (nSPS) is 10.3. The molecule has 3 aromatic rings. The molecule has 0 spiro atoms. The number of rotatable bonds is 3. The lowest BCUT2D eigenvalue weighted by molar-refractivity contribution is 0.485. The topological polar surface area (TPSA) is 61.3 Å². The number of hydrogen-bond donors (Lipinski definition) is 2. The van der Waals surface area contributed by atoms with E-state index >= 15 is 0 Å². The summed E-state index contributed by atoms with van der Waals surface area (Å²) < 4.78 is 5.77. The van der Waals surface area contributed by atoms with Crippen LogP contribution in [0, 0.1) is 0 Å². The predicted octanol–water partition coefficient (Wildman–Crippen LogP) is 4.31. The minimum atomic E-state index is 0.530. The van der Waals surface area contributed by atoms with Crippen LogP contribution in [0.2, 0.25) is 0 Å². The van der Waals surface area contributed by atoms with Crippen LogP contribution in [0.3, 0.4) is 0 Å². The fourth-order valence-electron chi connectivity index (χ4n) is 2.13. The maximum Gasteiger partial charge on any atom is 0.150 e. The van der Waals surface area contributed by atoms with Gasteiger partial charge in [0.2, 0.25) is 0 Å². The van der Waals surface area contributed by atoms with E-state index < -0.39 is 0 Å². The van der Waals surface area contributed by atoms with E-state index in [9.17, 15) is 0 Å². The number of benzene rings is 3. The van der Waals surface area contributed by atoms with E-state index in [2.05, 4.69) is 12.1 Å². The number of anilines is 2. The lowest BCUT2D eigenvalue weighted by atomic mass is 10.1. The van der Waals surface area contributed by atoms with Crippen molar-refractivity contribution in [3.8, 4) is 22.6 Å². The Balaban J connectivity index is 1.81. The molecule has 0 fully saturated rings. The molecule has 0 radical (unpaired) electrons. The van der Waals surface area contributed by atoms with E-state index in [1.54, 1.807) is 18.2 Å². The summed E-state index contributed by atoms with van der Waals surface area (Å²) in [6, 6.07) is 23.3. The summed E-state index contributed by atoms with van der Waals surface area (Å²) in [4.78, 5) is 0. The van der Waals surface area contributed by atoms with Gasteiger partial charge in [-0.2, -0.15) is 0 Å².